The van der Waals surface area contributed by atoms with Gasteiger partial charge in [0, 0.05) is 31.9 Å². The van der Waals surface area contributed by atoms with Gasteiger partial charge in [0.15, 0.2) is 5.82 Å². The van der Waals surface area contributed by atoms with Gasteiger partial charge < -0.3 is 10.6 Å². The van der Waals surface area contributed by atoms with E-state index in [-0.39, 0.29) is 0 Å². The SMILES string of the molecule is Cc1cc(N2CCCC(CN)C2)nn1C. The number of rotatable bonds is 2. The normalized spacial score (nSPS) is 22.1. The fourth-order valence-corrected chi connectivity index (χ4v) is 2.16. The summed E-state index contributed by atoms with van der Waals surface area (Å²) in [5, 5.41) is 4.50. The first kappa shape index (κ1) is 10.5. The molecule has 1 unspecified atom stereocenters. The Labute approximate surface area is 91.1 Å². The zero-order chi connectivity index (χ0) is 10.8. The lowest BCUT2D eigenvalue weighted by molar-refractivity contribution is 0.421. The number of piperidine rings is 1. The Hall–Kier alpha value is -1.03. The molecule has 1 aliphatic heterocycles. The van der Waals surface area contributed by atoms with Crippen molar-refractivity contribution in [3.8, 4) is 0 Å². The Bertz CT molecular complexity index is 312. The summed E-state index contributed by atoms with van der Waals surface area (Å²) in [6, 6.07) is 2.15. The van der Waals surface area contributed by atoms with E-state index in [2.05, 4.69) is 23.0 Å². The van der Waals surface area contributed by atoms with Gasteiger partial charge in [-0.15, -0.1) is 0 Å². The average Bonchev–Trinajstić information content (AvgIpc) is 2.59. The van der Waals surface area contributed by atoms with Crippen molar-refractivity contribution in [2.75, 3.05) is 24.5 Å². The molecule has 15 heavy (non-hydrogen) atoms. The quantitative estimate of drug-likeness (QED) is 0.785. The minimum Gasteiger partial charge on any atom is -0.355 e. The largest absolute Gasteiger partial charge is 0.355 e. The fraction of sp³-hybridized carbons (Fsp3) is 0.727. The summed E-state index contributed by atoms with van der Waals surface area (Å²) in [5.74, 6) is 1.74. The van der Waals surface area contributed by atoms with E-state index in [0.29, 0.717) is 5.92 Å². The van der Waals surface area contributed by atoms with Crippen molar-refractivity contribution in [3.63, 3.8) is 0 Å². The monoisotopic (exact) mass is 208 g/mol. The molecule has 1 atom stereocenters. The van der Waals surface area contributed by atoms with Crippen LogP contribution < -0.4 is 10.6 Å². The van der Waals surface area contributed by atoms with Crippen molar-refractivity contribution in [2.24, 2.45) is 18.7 Å². The highest BCUT2D eigenvalue weighted by Crippen LogP contribution is 2.21. The highest BCUT2D eigenvalue weighted by atomic mass is 15.3. The van der Waals surface area contributed by atoms with Gasteiger partial charge in [-0.1, -0.05) is 0 Å². The molecule has 0 saturated carbocycles. The van der Waals surface area contributed by atoms with Gasteiger partial charge in [0.2, 0.25) is 0 Å². The minimum atomic E-state index is 0.640. The first-order valence-electron chi connectivity index (χ1n) is 5.66. The molecular weight excluding hydrogens is 188 g/mol. The molecule has 0 aromatic carbocycles. The molecule has 1 aliphatic rings. The van der Waals surface area contributed by atoms with Gasteiger partial charge in [-0.2, -0.15) is 5.10 Å². The van der Waals surface area contributed by atoms with Crippen LogP contribution in [0.2, 0.25) is 0 Å². The van der Waals surface area contributed by atoms with Crippen LogP contribution in [0.15, 0.2) is 6.07 Å². The van der Waals surface area contributed by atoms with Crippen LogP contribution in [0.4, 0.5) is 5.82 Å². The van der Waals surface area contributed by atoms with Crippen molar-refractivity contribution < 1.29 is 0 Å². The Balaban J connectivity index is 2.09. The maximum Gasteiger partial charge on any atom is 0.150 e. The van der Waals surface area contributed by atoms with Crippen LogP contribution in [0.3, 0.4) is 0 Å². The first-order valence-corrected chi connectivity index (χ1v) is 5.66. The number of anilines is 1. The van der Waals surface area contributed by atoms with E-state index < -0.39 is 0 Å². The predicted molar refractivity (Wildman–Crippen MR) is 61.9 cm³/mol. The Morgan fingerprint density at radius 3 is 3.00 bits per heavy atom. The second-order valence-corrected chi connectivity index (χ2v) is 4.46. The predicted octanol–water partition coefficient (Wildman–Crippen LogP) is 0.904. The number of nitrogens with zero attached hydrogens (tertiary/aromatic N) is 3. The molecule has 0 amide bonds. The first-order chi connectivity index (χ1) is 7.20. The van der Waals surface area contributed by atoms with Crippen LogP contribution in [0.1, 0.15) is 18.5 Å². The van der Waals surface area contributed by atoms with Crippen LogP contribution >= 0.6 is 0 Å². The third-order valence-electron chi connectivity index (χ3n) is 3.28. The summed E-state index contributed by atoms with van der Waals surface area (Å²) in [6.07, 6.45) is 2.50. The Morgan fingerprint density at radius 2 is 2.40 bits per heavy atom. The number of hydrogen-bond donors (Lipinski definition) is 1. The van der Waals surface area contributed by atoms with Crippen LogP contribution in [0.25, 0.3) is 0 Å². The highest BCUT2D eigenvalue weighted by Gasteiger charge is 2.20. The molecule has 0 spiro atoms. The highest BCUT2D eigenvalue weighted by molar-refractivity contribution is 5.40. The van der Waals surface area contributed by atoms with E-state index in [1.807, 2.05) is 11.7 Å². The average molecular weight is 208 g/mol. The Morgan fingerprint density at radius 1 is 1.60 bits per heavy atom. The topological polar surface area (TPSA) is 47.1 Å². The number of aryl methyl sites for hydroxylation is 2. The van der Waals surface area contributed by atoms with Gasteiger partial charge in [-0.05, 0) is 32.2 Å². The van der Waals surface area contributed by atoms with Crippen molar-refractivity contribution >= 4 is 5.82 Å². The molecule has 1 saturated heterocycles. The van der Waals surface area contributed by atoms with Crippen LogP contribution in [-0.2, 0) is 7.05 Å². The maximum absolute atomic E-state index is 5.73. The zero-order valence-corrected chi connectivity index (χ0v) is 9.61. The fourth-order valence-electron chi connectivity index (χ4n) is 2.16. The summed E-state index contributed by atoms with van der Waals surface area (Å²) in [7, 11) is 1.99. The number of nitrogens with two attached hydrogens (primary N) is 1. The third-order valence-corrected chi connectivity index (χ3v) is 3.28. The van der Waals surface area contributed by atoms with Crippen LogP contribution in [-0.4, -0.2) is 29.4 Å². The van der Waals surface area contributed by atoms with E-state index in [1.165, 1.54) is 18.5 Å². The minimum absolute atomic E-state index is 0.640. The molecule has 0 bridgehead atoms. The van der Waals surface area contributed by atoms with Gasteiger partial charge in [0.1, 0.15) is 0 Å². The molecule has 1 aromatic rings. The van der Waals surface area contributed by atoms with Gasteiger partial charge in [-0.3, -0.25) is 4.68 Å². The molecular formula is C11H20N4. The summed E-state index contributed by atoms with van der Waals surface area (Å²) in [4.78, 5) is 2.36. The summed E-state index contributed by atoms with van der Waals surface area (Å²) < 4.78 is 1.93. The van der Waals surface area contributed by atoms with Gasteiger partial charge >= 0.3 is 0 Å². The lowest BCUT2D eigenvalue weighted by atomic mass is 9.98. The van der Waals surface area contributed by atoms with Gasteiger partial charge in [-0.25, -0.2) is 0 Å². The lowest BCUT2D eigenvalue weighted by Crippen LogP contribution is -2.38. The van der Waals surface area contributed by atoms with Crippen LogP contribution in [0, 0.1) is 12.8 Å². The molecule has 1 aromatic heterocycles. The molecule has 84 valence electrons. The molecule has 2 rings (SSSR count). The van der Waals surface area contributed by atoms with E-state index in [4.69, 9.17) is 5.73 Å². The van der Waals surface area contributed by atoms with E-state index in [0.717, 1.165) is 25.5 Å². The zero-order valence-electron chi connectivity index (χ0n) is 9.61. The van der Waals surface area contributed by atoms with Crippen molar-refractivity contribution in [2.45, 2.75) is 19.8 Å². The molecule has 2 N–H and O–H groups in total. The van der Waals surface area contributed by atoms with E-state index in [1.54, 1.807) is 0 Å². The number of aromatic nitrogens is 2. The van der Waals surface area contributed by atoms with Crippen molar-refractivity contribution in [1.82, 2.24) is 9.78 Å². The lowest BCUT2D eigenvalue weighted by Gasteiger charge is -2.32. The smallest absolute Gasteiger partial charge is 0.150 e. The summed E-state index contributed by atoms with van der Waals surface area (Å²) >= 11 is 0. The third kappa shape index (κ3) is 2.15. The maximum atomic E-state index is 5.73. The second kappa shape index (κ2) is 4.23. The van der Waals surface area contributed by atoms with Crippen molar-refractivity contribution in [1.29, 1.82) is 0 Å². The molecule has 2 heterocycles. The number of hydrogen-bond acceptors (Lipinski definition) is 3. The molecule has 4 heteroatoms. The van der Waals surface area contributed by atoms with Gasteiger partial charge in [0.25, 0.3) is 0 Å². The summed E-state index contributed by atoms with van der Waals surface area (Å²) in [5.41, 5.74) is 6.93. The van der Waals surface area contributed by atoms with Gasteiger partial charge in [0.05, 0.1) is 0 Å². The van der Waals surface area contributed by atoms with E-state index >= 15 is 0 Å². The standard InChI is InChI=1S/C11H20N4/c1-9-6-11(13-14(9)2)15-5-3-4-10(7-12)8-15/h6,10H,3-5,7-8,12H2,1-2H3. The second-order valence-electron chi connectivity index (χ2n) is 4.46. The van der Waals surface area contributed by atoms with E-state index in [9.17, 15) is 0 Å². The summed E-state index contributed by atoms with van der Waals surface area (Å²) in [6.45, 7) is 5.06. The van der Waals surface area contributed by atoms with Crippen molar-refractivity contribution in [3.05, 3.63) is 11.8 Å². The molecule has 4 nitrogen and oxygen atoms in total. The van der Waals surface area contributed by atoms with Crippen LogP contribution in [0.5, 0.6) is 0 Å². The molecule has 1 fully saturated rings. The molecule has 0 aliphatic carbocycles. The molecule has 0 radical (unpaired) electrons. The Kier molecular flexibility index (Phi) is 2.95.